The molecular formula is C27H49NO2. The van der Waals surface area contributed by atoms with E-state index in [-0.39, 0.29) is 5.56 Å². The molecule has 30 heavy (non-hydrogen) atoms. The monoisotopic (exact) mass is 419 g/mol. The molecule has 0 fully saturated rings. The quantitative estimate of drug-likeness (QED) is 0.210. The van der Waals surface area contributed by atoms with E-state index in [9.17, 15) is 9.90 Å². The van der Waals surface area contributed by atoms with Gasteiger partial charge in [0.25, 0.3) is 0 Å². The molecule has 3 heteroatoms. The topological polar surface area (TPSA) is 40.1 Å². The van der Waals surface area contributed by atoms with Gasteiger partial charge in [-0.05, 0) is 56.9 Å². The molecule has 174 valence electrons. The standard InChI is InChI=1S/C20H44N.C7H6O2/c1-5-9-13-17-21(18-14-10-6-2,19-15-11-7-3)20-16-12-8-4;8-7(9)6-4-2-1-3-5-6/h5-20H2,1-4H3;1-5H,(H,8,9)/q+1;/p-1. The summed E-state index contributed by atoms with van der Waals surface area (Å²) in [5.74, 6) is -1.13. The lowest BCUT2D eigenvalue weighted by molar-refractivity contribution is -0.929. The van der Waals surface area contributed by atoms with Crippen molar-refractivity contribution >= 4 is 5.97 Å². The van der Waals surface area contributed by atoms with E-state index in [0.29, 0.717) is 0 Å². The van der Waals surface area contributed by atoms with Crippen molar-refractivity contribution in [2.75, 3.05) is 26.2 Å². The van der Waals surface area contributed by atoms with Gasteiger partial charge in [-0.15, -0.1) is 0 Å². The Bertz CT molecular complexity index is 455. The average molecular weight is 420 g/mol. The molecule has 1 aromatic carbocycles. The van der Waals surface area contributed by atoms with Crippen molar-refractivity contribution in [3.05, 3.63) is 35.9 Å². The predicted molar refractivity (Wildman–Crippen MR) is 129 cm³/mol. The summed E-state index contributed by atoms with van der Waals surface area (Å²) >= 11 is 0. The Kier molecular flexibility index (Phi) is 18.7. The van der Waals surface area contributed by atoms with Crippen LogP contribution in [0, 0.1) is 0 Å². The van der Waals surface area contributed by atoms with Crippen LogP contribution >= 0.6 is 0 Å². The van der Waals surface area contributed by atoms with E-state index in [1.54, 1.807) is 18.2 Å². The number of rotatable bonds is 17. The van der Waals surface area contributed by atoms with Crippen LogP contribution < -0.4 is 5.11 Å². The Hall–Kier alpha value is -1.35. The Morgan fingerprint density at radius 2 is 0.967 bits per heavy atom. The predicted octanol–water partition coefficient (Wildman–Crippen LogP) is 6.61. The molecule has 0 amide bonds. The second-order valence-electron chi connectivity index (χ2n) is 8.72. The summed E-state index contributed by atoms with van der Waals surface area (Å²) in [6, 6.07) is 8.06. The number of carboxylic acids is 1. The number of aromatic carboxylic acids is 1. The highest BCUT2D eigenvalue weighted by Crippen LogP contribution is 2.18. The van der Waals surface area contributed by atoms with E-state index in [0.717, 1.165) is 0 Å². The molecule has 0 unspecified atom stereocenters. The summed E-state index contributed by atoms with van der Waals surface area (Å²) in [5.41, 5.74) is 0.220. The van der Waals surface area contributed by atoms with Crippen LogP contribution in [0.4, 0.5) is 0 Å². The van der Waals surface area contributed by atoms with Crippen LogP contribution in [0.15, 0.2) is 30.3 Å². The smallest absolute Gasteiger partial charge is 0.0786 e. The molecule has 0 aliphatic rings. The van der Waals surface area contributed by atoms with E-state index in [2.05, 4.69) is 27.7 Å². The van der Waals surface area contributed by atoms with Crippen LogP contribution in [-0.4, -0.2) is 36.6 Å². The van der Waals surface area contributed by atoms with Crippen molar-refractivity contribution in [2.45, 2.75) is 105 Å². The summed E-state index contributed by atoms with van der Waals surface area (Å²) < 4.78 is 1.44. The first-order chi connectivity index (χ1) is 14.5. The van der Waals surface area contributed by atoms with E-state index in [1.807, 2.05) is 0 Å². The molecule has 0 bridgehead atoms. The summed E-state index contributed by atoms with van der Waals surface area (Å²) in [6.07, 6.45) is 16.9. The normalized spacial score (nSPS) is 11.1. The van der Waals surface area contributed by atoms with Gasteiger partial charge in [0.15, 0.2) is 0 Å². The molecule has 0 aliphatic heterocycles. The highest BCUT2D eigenvalue weighted by Gasteiger charge is 2.25. The van der Waals surface area contributed by atoms with Crippen molar-refractivity contribution in [3.63, 3.8) is 0 Å². The molecule has 0 radical (unpaired) electrons. The third kappa shape index (κ3) is 14.6. The molecule has 1 aromatic rings. The fraction of sp³-hybridized carbons (Fsp3) is 0.741. The Balaban J connectivity index is 0.000000769. The van der Waals surface area contributed by atoms with Crippen LogP contribution in [-0.2, 0) is 0 Å². The number of carboxylic acid groups (broad SMARTS) is 1. The minimum Gasteiger partial charge on any atom is -0.545 e. The maximum Gasteiger partial charge on any atom is 0.0786 e. The van der Waals surface area contributed by atoms with Gasteiger partial charge in [0, 0.05) is 0 Å². The van der Waals surface area contributed by atoms with E-state index < -0.39 is 5.97 Å². The molecule has 0 heterocycles. The van der Waals surface area contributed by atoms with Crippen LogP contribution in [0.5, 0.6) is 0 Å². The van der Waals surface area contributed by atoms with E-state index in [1.165, 1.54) is 120 Å². The molecule has 0 N–H and O–H groups in total. The zero-order valence-corrected chi connectivity index (χ0v) is 20.5. The number of quaternary nitrogens is 1. The number of hydrogen-bond acceptors (Lipinski definition) is 2. The summed E-state index contributed by atoms with van der Waals surface area (Å²) in [4.78, 5) is 10.1. The first-order valence-electron chi connectivity index (χ1n) is 12.7. The number of unbranched alkanes of at least 4 members (excludes halogenated alkanes) is 8. The number of carbonyl (C=O) groups is 1. The zero-order chi connectivity index (χ0) is 22.5. The van der Waals surface area contributed by atoms with Crippen molar-refractivity contribution in [3.8, 4) is 0 Å². The minimum absolute atomic E-state index is 0.220. The minimum atomic E-state index is -1.13. The molecule has 0 saturated heterocycles. The Labute approximate surface area is 187 Å². The van der Waals surface area contributed by atoms with Crippen LogP contribution in [0.2, 0.25) is 0 Å². The molecule has 1 rings (SSSR count). The molecule has 0 saturated carbocycles. The van der Waals surface area contributed by atoms with Gasteiger partial charge in [-0.3, -0.25) is 0 Å². The lowest BCUT2D eigenvalue weighted by atomic mass is 10.1. The number of carbonyl (C=O) groups excluding carboxylic acids is 1. The third-order valence-electron chi connectivity index (χ3n) is 5.95. The van der Waals surface area contributed by atoms with Gasteiger partial charge >= 0.3 is 0 Å². The summed E-state index contributed by atoms with van der Waals surface area (Å²) in [5, 5.41) is 10.1. The SMILES string of the molecule is CCCCC[N+](CCCCC)(CCCCC)CCCCC.O=C([O-])c1ccccc1. The second kappa shape index (κ2) is 19.6. The number of nitrogens with zero attached hydrogens (tertiary/aromatic N) is 1. The van der Waals surface area contributed by atoms with Gasteiger partial charge in [0.1, 0.15) is 0 Å². The molecule has 3 nitrogen and oxygen atoms in total. The second-order valence-corrected chi connectivity index (χ2v) is 8.72. The highest BCUT2D eigenvalue weighted by atomic mass is 16.4. The van der Waals surface area contributed by atoms with Crippen LogP contribution in [0.1, 0.15) is 115 Å². The first-order valence-corrected chi connectivity index (χ1v) is 12.7. The molecule has 0 aliphatic carbocycles. The van der Waals surface area contributed by atoms with Gasteiger partial charge in [0.05, 0.1) is 32.1 Å². The first kappa shape index (κ1) is 28.6. The van der Waals surface area contributed by atoms with Crippen LogP contribution in [0.25, 0.3) is 0 Å². The maximum absolute atomic E-state index is 10.1. The summed E-state index contributed by atoms with van der Waals surface area (Å²) in [6.45, 7) is 15.1. The zero-order valence-electron chi connectivity index (χ0n) is 20.5. The Morgan fingerprint density at radius 3 is 1.20 bits per heavy atom. The van der Waals surface area contributed by atoms with Crippen molar-refractivity contribution in [1.29, 1.82) is 0 Å². The van der Waals surface area contributed by atoms with Crippen molar-refractivity contribution in [1.82, 2.24) is 0 Å². The lowest BCUT2D eigenvalue weighted by Gasteiger charge is -2.39. The van der Waals surface area contributed by atoms with E-state index >= 15 is 0 Å². The fourth-order valence-electron chi connectivity index (χ4n) is 4.03. The number of hydrogen-bond donors (Lipinski definition) is 0. The van der Waals surface area contributed by atoms with Crippen LogP contribution in [0.3, 0.4) is 0 Å². The fourth-order valence-corrected chi connectivity index (χ4v) is 4.03. The molecular weight excluding hydrogens is 370 g/mol. The maximum atomic E-state index is 10.1. The van der Waals surface area contributed by atoms with Crippen molar-refractivity contribution in [2.24, 2.45) is 0 Å². The largest absolute Gasteiger partial charge is 0.545 e. The molecule has 0 atom stereocenters. The highest BCUT2D eigenvalue weighted by molar-refractivity contribution is 5.85. The molecule has 0 spiro atoms. The van der Waals surface area contributed by atoms with Gasteiger partial charge in [0.2, 0.25) is 0 Å². The van der Waals surface area contributed by atoms with Gasteiger partial charge in [-0.1, -0.05) is 83.7 Å². The van der Waals surface area contributed by atoms with Gasteiger partial charge < -0.3 is 14.4 Å². The van der Waals surface area contributed by atoms with Crippen molar-refractivity contribution < 1.29 is 14.4 Å². The van der Waals surface area contributed by atoms with Gasteiger partial charge in [-0.25, -0.2) is 0 Å². The van der Waals surface area contributed by atoms with Gasteiger partial charge in [-0.2, -0.15) is 0 Å². The summed E-state index contributed by atoms with van der Waals surface area (Å²) in [7, 11) is 0. The Morgan fingerprint density at radius 1 is 0.633 bits per heavy atom. The lowest BCUT2D eigenvalue weighted by Crippen LogP contribution is -2.50. The molecule has 0 aromatic heterocycles. The average Bonchev–Trinajstić information content (AvgIpc) is 2.75. The third-order valence-corrected chi connectivity index (χ3v) is 5.95. The number of benzene rings is 1. The van der Waals surface area contributed by atoms with E-state index in [4.69, 9.17) is 0 Å².